The molecule has 1 fully saturated rings. The third kappa shape index (κ3) is 4.87. The molecule has 0 aliphatic carbocycles. The average molecular weight is 181 g/mol. The number of allylic oxidation sites excluding steroid dienone is 1. The maximum atomic E-state index is 8.58. The zero-order chi connectivity index (χ0) is 9.45. The molecule has 1 nitrogen and oxygen atoms in total. The maximum absolute atomic E-state index is 8.58. The van der Waals surface area contributed by atoms with Crippen molar-refractivity contribution in [3.8, 4) is 0 Å². The zero-order valence-corrected chi connectivity index (χ0v) is 8.72. The molecule has 1 saturated heterocycles. The molecule has 0 saturated carbocycles. The van der Waals surface area contributed by atoms with Crippen LogP contribution in [0.5, 0.6) is 0 Å². The molecule has 0 aromatic carbocycles. The Hall–Kier alpha value is 0.0999. The van der Waals surface area contributed by atoms with Crippen molar-refractivity contribution >= 4 is 22.0 Å². The van der Waals surface area contributed by atoms with Gasteiger partial charge in [0.15, 0.2) is 0 Å². The van der Waals surface area contributed by atoms with Crippen LogP contribution in [0.1, 0.15) is 12.8 Å². The van der Waals surface area contributed by atoms with Crippen LogP contribution in [0.3, 0.4) is 0 Å². The summed E-state index contributed by atoms with van der Waals surface area (Å²) in [5.41, 5.74) is 0. The quantitative estimate of drug-likeness (QED) is 0.360. The molecule has 0 spiro atoms. The first-order valence-electron chi connectivity index (χ1n) is 4.28. The van der Waals surface area contributed by atoms with Gasteiger partial charge < -0.3 is 0 Å². The summed E-state index contributed by atoms with van der Waals surface area (Å²) >= 11 is 0. The van der Waals surface area contributed by atoms with E-state index in [1.165, 1.54) is 31.3 Å². The van der Waals surface area contributed by atoms with Crippen molar-refractivity contribution in [3.05, 3.63) is 12.7 Å². The molecular weight excluding hydrogens is 165 g/mol. The molecule has 1 aliphatic heterocycles. The first-order valence-corrected chi connectivity index (χ1v) is 7.07. The molecule has 0 aromatic heterocycles. The van der Waals surface area contributed by atoms with Gasteiger partial charge in [-0.2, -0.15) is 0 Å². The molecule has 0 aromatic rings. The van der Waals surface area contributed by atoms with Gasteiger partial charge in [0.05, 0.1) is 18.5 Å². The van der Waals surface area contributed by atoms with Gasteiger partial charge in [0.25, 0.3) is 0 Å². The summed E-state index contributed by atoms with van der Waals surface area (Å²) in [5.74, 6) is 0. The summed E-state index contributed by atoms with van der Waals surface area (Å²) in [6.45, 7) is 6.28. The van der Waals surface area contributed by atoms with Crippen molar-refractivity contribution in [2.45, 2.75) is 12.8 Å². The van der Waals surface area contributed by atoms with Crippen molar-refractivity contribution in [3.63, 3.8) is 0 Å². The van der Waals surface area contributed by atoms with Crippen molar-refractivity contribution in [1.29, 1.82) is 0 Å². The number of rotatable bonds is 2. The molecule has 0 atom stereocenters. The van der Waals surface area contributed by atoms with Crippen molar-refractivity contribution in [1.82, 2.24) is 0 Å². The van der Waals surface area contributed by atoms with E-state index in [0.717, 1.165) is 0 Å². The third-order valence-corrected chi connectivity index (χ3v) is 6.15. The number of hydrogen-bond donors (Lipinski definition) is 0. The second kappa shape index (κ2) is 6.60. The Morgan fingerprint density at radius 1 is 1.58 bits per heavy atom. The van der Waals surface area contributed by atoms with Crippen molar-refractivity contribution < 1.29 is 4.70 Å². The van der Waals surface area contributed by atoms with Gasteiger partial charge in [0, 0.05) is 13.9 Å². The predicted molar refractivity (Wildman–Crippen MR) is 59.1 cm³/mol. The summed E-state index contributed by atoms with van der Waals surface area (Å²) in [7, 11) is 3.98. The van der Waals surface area contributed by atoms with Crippen LogP contribution >= 0.6 is 7.26 Å². The minimum atomic E-state index is -0.438. The zero-order valence-electron chi connectivity index (χ0n) is 7.83. The SMILES string of the molecule is C=CC[P+]1(C)CCCC1.[B]B=O. The fourth-order valence-electron chi connectivity index (χ4n) is 1.59. The summed E-state index contributed by atoms with van der Waals surface area (Å²) in [6.07, 6.45) is 9.46. The molecule has 0 amide bonds. The Bertz CT molecular complexity index is 144. The van der Waals surface area contributed by atoms with E-state index in [9.17, 15) is 0 Å². The first-order chi connectivity index (χ1) is 5.68. The summed E-state index contributed by atoms with van der Waals surface area (Å²) < 4.78 is 8.58. The van der Waals surface area contributed by atoms with Gasteiger partial charge in [-0.1, -0.05) is 12.7 Å². The van der Waals surface area contributed by atoms with E-state index < -0.39 is 7.26 Å². The van der Waals surface area contributed by atoms with Crippen molar-refractivity contribution in [2.24, 2.45) is 0 Å². The second-order valence-corrected chi connectivity index (χ2v) is 7.88. The average Bonchev–Trinajstić information content (AvgIpc) is 2.38. The van der Waals surface area contributed by atoms with Crippen LogP contribution in [-0.2, 0) is 4.70 Å². The van der Waals surface area contributed by atoms with Gasteiger partial charge in [0.2, 0.25) is 0 Å². The Kier molecular flexibility index (Phi) is 6.65. The molecule has 2 radical (unpaired) electrons. The van der Waals surface area contributed by atoms with Crippen LogP contribution < -0.4 is 0 Å². The molecule has 0 bridgehead atoms. The van der Waals surface area contributed by atoms with E-state index >= 15 is 0 Å². The molecule has 4 heteroatoms. The molecule has 0 N–H and O–H groups in total. The summed E-state index contributed by atoms with van der Waals surface area (Å²) in [5, 5.41) is 0. The van der Waals surface area contributed by atoms with Gasteiger partial charge in [0.1, 0.15) is 0 Å². The topological polar surface area (TPSA) is 17.1 Å². The molecule has 0 unspecified atom stereocenters. The van der Waals surface area contributed by atoms with E-state index in [1.54, 1.807) is 0 Å². The summed E-state index contributed by atoms with van der Waals surface area (Å²) in [6, 6.07) is 0. The van der Waals surface area contributed by atoms with Crippen LogP contribution in [0.25, 0.3) is 0 Å². The van der Waals surface area contributed by atoms with Gasteiger partial charge in [-0.3, -0.25) is 0 Å². The third-order valence-electron chi connectivity index (χ3n) is 2.22. The molecule has 12 heavy (non-hydrogen) atoms. The monoisotopic (exact) mass is 181 g/mol. The fraction of sp³-hybridized carbons (Fsp3) is 0.750. The minimum absolute atomic E-state index is 0.250. The van der Waals surface area contributed by atoms with Crippen LogP contribution in [0.2, 0.25) is 0 Å². The van der Waals surface area contributed by atoms with Crippen LogP contribution in [0.4, 0.5) is 0 Å². The molecule has 64 valence electrons. The second-order valence-electron chi connectivity index (χ2n) is 3.38. The van der Waals surface area contributed by atoms with Gasteiger partial charge >= 0.3 is 19.5 Å². The van der Waals surface area contributed by atoms with Crippen LogP contribution in [-0.4, -0.2) is 39.9 Å². The Morgan fingerprint density at radius 2 is 2.00 bits per heavy atom. The Morgan fingerprint density at radius 3 is 2.33 bits per heavy atom. The molecule has 1 heterocycles. The van der Waals surface area contributed by atoms with Gasteiger partial charge in [-0.15, -0.1) is 0 Å². The normalized spacial score (nSPS) is 18.8. The molecular formula is C8H16B2OP+. The van der Waals surface area contributed by atoms with Gasteiger partial charge in [-0.25, -0.2) is 0 Å². The van der Waals surface area contributed by atoms with Gasteiger partial charge in [-0.05, 0) is 12.8 Å². The van der Waals surface area contributed by atoms with E-state index in [1.807, 2.05) is 0 Å². The Balaban J connectivity index is 0.000000354. The summed E-state index contributed by atoms with van der Waals surface area (Å²) in [4.78, 5) is 0. The fourth-order valence-corrected chi connectivity index (χ4v) is 4.78. The van der Waals surface area contributed by atoms with Crippen molar-refractivity contribution in [2.75, 3.05) is 25.2 Å². The Labute approximate surface area is 78.0 Å². The van der Waals surface area contributed by atoms with E-state index in [0.29, 0.717) is 0 Å². The standard InChI is InChI=1S/C8H16P.B2O/c1-3-6-9(2)7-4-5-8-9;1-2-3/h3H,1,4-8H2,2H3;/q+1;. The van der Waals surface area contributed by atoms with Crippen LogP contribution in [0, 0.1) is 0 Å². The first kappa shape index (κ1) is 12.1. The molecule has 1 rings (SSSR count). The predicted octanol–water partition coefficient (Wildman–Crippen LogP) is 1.73. The van der Waals surface area contributed by atoms with Crippen LogP contribution in [0.15, 0.2) is 12.7 Å². The number of hydrogen-bond acceptors (Lipinski definition) is 1. The van der Waals surface area contributed by atoms with E-state index in [4.69, 9.17) is 4.70 Å². The van der Waals surface area contributed by atoms with E-state index in [-0.39, 0.29) is 7.04 Å². The van der Waals surface area contributed by atoms with E-state index in [2.05, 4.69) is 27.1 Å². The molecule has 1 aliphatic rings.